The molecule has 1 fully saturated rings. The van der Waals surface area contributed by atoms with E-state index in [4.69, 9.17) is 5.73 Å². The maximum Gasteiger partial charge on any atom is 0.125 e. The molecule has 4 heteroatoms. The quantitative estimate of drug-likeness (QED) is 0.886. The van der Waals surface area contributed by atoms with Crippen molar-refractivity contribution >= 4 is 17.2 Å². The SMILES string of the molecule is Cc1cnn(C(c2cccs2)C2CC2)c1N. The molecule has 1 saturated carbocycles. The number of thiophene rings is 1. The van der Waals surface area contributed by atoms with Crippen LogP contribution in [0.15, 0.2) is 23.7 Å². The molecule has 1 unspecified atom stereocenters. The standard InChI is InChI=1S/C12H15N3S/c1-8-7-14-15(12(8)13)11(9-4-5-9)10-3-2-6-16-10/h2-3,6-7,9,11H,4-5,13H2,1H3. The Kier molecular flexibility index (Phi) is 2.24. The topological polar surface area (TPSA) is 43.8 Å². The third kappa shape index (κ3) is 1.53. The van der Waals surface area contributed by atoms with E-state index in [0.717, 1.165) is 17.3 Å². The molecule has 0 bridgehead atoms. The summed E-state index contributed by atoms with van der Waals surface area (Å²) in [6.45, 7) is 2.01. The molecule has 2 aromatic heterocycles. The van der Waals surface area contributed by atoms with Crippen LogP contribution in [0.1, 0.15) is 29.3 Å². The van der Waals surface area contributed by atoms with Gasteiger partial charge in [-0.1, -0.05) is 6.07 Å². The summed E-state index contributed by atoms with van der Waals surface area (Å²) in [4.78, 5) is 1.37. The third-order valence-corrected chi connectivity index (χ3v) is 4.14. The van der Waals surface area contributed by atoms with Crippen molar-refractivity contribution in [1.82, 2.24) is 9.78 Å². The van der Waals surface area contributed by atoms with Crippen LogP contribution in [0.4, 0.5) is 5.82 Å². The summed E-state index contributed by atoms with van der Waals surface area (Å²) in [6, 6.07) is 4.64. The van der Waals surface area contributed by atoms with E-state index in [2.05, 4.69) is 22.6 Å². The minimum atomic E-state index is 0.355. The minimum Gasteiger partial charge on any atom is -0.384 e. The molecule has 0 aliphatic heterocycles. The zero-order valence-corrected chi connectivity index (χ0v) is 10.1. The number of nitrogen functional groups attached to an aromatic ring is 1. The highest BCUT2D eigenvalue weighted by molar-refractivity contribution is 7.10. The van der Waals surface area contributed by atoms with E-state index in [1.54, 1.807) is 11.3 Å². The molecule has 84 valence electrons. The average molecular weight is 233 g/mol. The smallest absolute Gasteiger partial charge is 0.125 e. The highest BCUT2D eigenvalue weighted by atomic mass is 32.1. The van der Waals surface area contributed by atoms with Crippen LogP contribution in [0.5, 0.6) is 0 Å². The summed E-state index contributed by atoms with van der Waals surface area (Å²) in [5.41, 5.74) is 7.15. The van der Waals surface area contributed by atoms with Crippen LogP contribution in [-0.4, -0.2) is 9.78 Å². The number of hydrogen-bond acceptors (Lipinski definition) is 3. The van der Waals surface area contributed by atoms with Gasteiger partial charge >= 0.3 is 0 Å². The number of aryl methyl sites for hydroxylation is 1. The fourth-order valence-electron chi connectivity index (χ4n) is 2.10. The summed E-state index contributed by atoms with van der Waals surface area (Å²) < 4.78 is 2.00. The van der Waals surface area contributed by atoms with Crippen molar-refractivity contribution in [2.45, 2.75) is 25.8 Å². The normalized spacial score (nSPS) is 17.6. The van der Waals surface area contributed by atoms with Crippen molar-refractivity contribution in [1.29, 1.82) is 0 Å². The Hall–Kier alpha value is -1.29. The Balaban J connectivity index is 2.03. The van der Waals surface area contributed by atoms with Gasteiger partial charge in [-0.25, -0.2) is 4.68 Å². The third-order valence-electron chi connectivity index (χ3n) is 3.19. The van der Waals surface area contributed by atoms with Crippen LogP contribution < -0.4 is 5.73 Å². The van der Waals surface area contributed by atoms with Crippen molar-refractivity contribution in [3.63, 3.8) is 0 Å². The fraction of sp³-hybridized carbons (Fsp3) is 0.417. The zero-order valence-electron chi connectivity index (χ0n) is 9.26. The molecule has 0 radical (unpaired) electrons. The van der Waals surface area contributed by atoms with E-state index in [-0.39, 0.29) is 0 Å². The minimum absolute atomic E-state index is 0.355. The predicted octanol–water partition coefficient (Wildman–Crippen LogP) is 2.83. The lowest BCUT2D eigenvalue weighted by molar-refractivity contribution is 0.484. The van der Waals surface area contributed by atoms with Gasteiger partial charge in [-0.2, -0.15) is 5.10 Å². The number of nitrogens with two attached hydrogens (primary N) is 1. The summed E-state index contributed by atoms with van der Waals surface area (Å²) in [5.74, 6) is 1.53. The van der Waals surface area contributed by atoms with E-state index in [1.165, 1.54) is 17.7 Å². The Morgan fingerprint density at radius 2 is 2.38 bits per heavy atom. The molecule has 1 aliphatic carbocycles. The van der Waals surface area contributed by atoms with Gasteiger partial charge in [0.1, 0.15) is 5.82 Å². The highest BCUT2D eigenvalue weighted by Gasteiger charge is 2.35. The van der Waals surface area contributed by atoms with Gasteiger partial charge in [0.05, 0.1) is 12.2 Å². The predicted molar refractivity (Wildman–Crippen MR) is 66.6 cm³/mol. The molecule has 2 N–H and O–H groups in total. The molecular formula is C12H15N3S. The van der Waals surface area contributed by atoms with Crippen LogP contribution >= 0.6 is 11.3 Å². The van der Waals surface area contributed by atoms with Crippen molar-refractivity contribution in [3.8, 4) is 0 Å². The first kappa shape index (κ1) is 9.90. The second-order valence-electron chi connectivity index (χ2n) is 4.46. The number of rotatable bonds is 3. The molecule has 2 aromatic rings. The van der Waals surface area contributed by atoms with Gasteiger partial charge < -0.3 is 5.73 Å². The van der Waals surface area contributed by atoms with Gasteiger partial charge in [-0.15, -0.1) is 11.3 Å². The largest absolute Gasteiger partial charge is 0.384 e. The second kappa shape index (κ2) is 3.63. The summed E-state index contributed by atoms with van der Waals surface area (Å²) in [5, 5.41) is 6.55. The number of nitrogens with zero attached hydrogens (tertiary/aromatic N) is 2. The molecule has 16 heavy (non-hydrogen) atoms. The lowest BCUT2D eigenvalue weighted by Gasteiger charge is -2.17. The van der Waals surface area contributed by atoms with Gasteiger partial charge in [-0.05, 0) is 37.1 Å². The number of hydrogen-bond donors (Lipinski definition) is 1. The number of aromatic nitrogens is 2. The van der Waals surface area contributed by atoms with Gasteiger partial charge in [0.15, 0.2) is 0 Å². The van der Waals surface area contributed by atoms with Crippen LogP contribution in [0.25, 0.3) is 0 Å². The summed E-state index contributed by atoms with van der Waals surface area (Å²) in [7, 11) is 0. The van der Waals surface area contributed by atoms with Crippen molar-refractivity contribution in [3.05, 3.63) is 34.2 Å². The first-order chi connectivity index (χ1) is 7.77. The zero-order chi connectivity index (χ0) is 11.1. The molecule has 0 saturated heterocycles. The molecule has 0 amide bonds. The van der Waals surface area contributed by atoms with E-state index in [0.29, 0.717) is 6.04 Å². The van der Waals surface area contributed by atoms with Crippen LogP contribution in [0, 0.1) is 12.8 Å². The second-order valence-corrected chi connectivity index (χ2v) is 5.43. The molecular weight excluding hydrogens is 218 g/mol. The van der Waals surface area contributed by atoms with Crippen molar-refractivity contribution in [2.75, 3.05) is 5.73 Å². The Labute approximate surface area is 98.9 Å². The van der Waals surface area contributed by atoms with Crippen molar-refractivity contribution in [2.24, 2.45) is 5.92 Å². The lowest BCUT2D eigenvalue weighted by atomic mass is 10.1. The van der Waals surface area contributed by atoms with Crippen LogP contribution in [0.3, 0.4) is 0 Å². The van der Waals surface area contributed by atoms with Gasteiger partial charge in [-0.3, -0.25) is 0 Å². The monoisotopic (exact) mass is 233 g/mol. The van der Waals surface area contributed by atoms with Gasteiger partial charge in [0, 0.05) is 10.4 Å². The molecule has 1 atom stereocenters. The maximum absolute atomic E-state index is 6.08. The first-order valence-electron chi connectivity index (χ1n) is 5.60. The van der Waals surface area contributed by atoms with E-state index < -0.39 is 0 Å². The number of anilines is 1. The molecule has 1 aliphatic rings. The Morgan fingerprint density at radius 3 is 2.88 bits per heavy atom. The van der Waals surface area contributed by atoms with Gasteiger partial charge in [0.2, 0.25) is 0 Å². The Morgan fingerprint density at radius 1 is 1.56 bits per heavy atom. The molecule has 0 aromatic carbocycles. The molecule has 0 spiro atoms. The van der Waals surface area contributed by atoms with Crippen LogP contribution in [0.2, 0.25) is 0 Å². The first-order valence-corrected chi connectivity index (χ1v) is 6.48. The molecule has 2 heterocycles. The molecule has 3 nitrogen and oxygen atoms in total. The average Bonchev–Trinajstić information content (AvgIpc) is 2.87. The lowest BCUT2D eigenvalue weighted by Crippen LogP contribution is -2.15. The van der Waals surface area contributed by atoms with Crippen LogP contribution in [-0.2, 0) is 0 Å². The molecule has 3 rings (SSSR count). The maximum atomic E-state index is 6.08. The summed E-state index contributed by atoms with van der Waals surface area (Å²) in [6.07, 6.45) is 4.44. The highest BCUT2D eigenvalue weighted by Crippen LogP contribution is 2.45. The Bertz CT molecular complexity index is 482. The fourth-order valence-corrected chi connectivity index (χ4v) is 3.01. The van der Waals surface area contributed by atoms with Gasteiger partial charge in [0.25, 0.3) is 0 Å². The van der Waals surface area contributed by atoms with E-state index >= 15 is 0 Å². The van der Waals surface area contributed by atoms with Crippen molar-refractivity contribution < 1.29 is 0 Å². The van der Waals surface area contributed by atoms with E-state index in [9.17, 15) is 0 Å². The van der Waals surface area contributed by atoms with E-state index in [1.807, 2.05) is 17.8 Å². The summed E-state index contributed by atoms with van der Waals surface area (Å²) >= 11 is 1.80.